The van der Waals surface area contributed by atoms with Crippen LogP contribution in [0.15, 0.2) is 74.4 Å². The van der Waals surface area contributed by atoms with E-state index in [9.17, 15) is 4.79 Å². The zero-order valence-electron chi connectivity index (χ0n) is 16.4. The minimum atomic E-state index is -0.532. The third kappa shape index (κ3) is 5.19. The van der Waals surface area contributed by atoms with Crippen molar-refractivity contribution in [3.63, 3.8) is 0 Å². The summed E-state index contributed by atoms with van der Waals surface area (Å²) in [5, 5.41) is 0. The molecule has 4 rings (SSSR count). The maximum absolute atomic E-state index is 12.2. The van der Waals surface area contributed by atoms with Crippen molar-refractivity contribution in [2.45, 2.75) is 13.5 Å². The monoisotopic (exact) mass is 593 g/mol. The van der Waals surface area contributed by atoms with Crippen LogP contribution in [0.2, 0.25) is 0 Å². The molecule has 0 radical (unpaired) electrons. The normalized spacial score (nSPS) is 14.5. The number of aliphatic imine (C=N–C) groups is 1. The fraction of sp³-hybridized carbons (Fsp3) is 0.130. The van der Waals surface area contributed by atoms with E-state index in [0.29, 0.717) is 30.5 Å². The molecule has 0 aliphatic carbocycles. The van der Waals surface area contributed by atoms with Crippen LogP contribution in [-0.2, 0) is 16.1 Å². The number of hydrogen-bond acceptors (Lipinski definition) is 6. The summed E-state index contributed by atoms with van der Waals surface area (Å²) in [5.41, 5.74) is 1.98. The maximum atomic E-state index is 12.2. The van der Waals surface area contributed by atoms with Crippen LogP contribution in [0.25, 0.3) is 6.08 Å². The molecule has 0 fully saturated rings. The topological polar surface area (TPSA) is 70.3 Å². The number of carbonyl (C=O) groups is 1. The quantitative estimate of drug-likeness (QED) is 0.192. The molecule has 0 unspecified atom stereocenters. The molecule has 2 heterocycles. The van der Waals surface area contributed by atoms with Crippen LogP contribution in [0.1, 0.15) is 23.8 Å². The molecule has 6 nitrogen and oxygen atoms in total. The number of rotatable bonds is 7. The first-order valence-corrected chi connectivity index (χ1v) is 11.3. The number of esters is 1. The summed E-state index contributed by atoms with van der Waals surface area (Å²) in [4.78, 5) is 16.5. The minimum absolute atomic E-state index is 0.149. The van der Waals surface area contributed by atoms with Gasteiger partial charge in [0, 0.05) is 4.47 Å². The third-order valence-electron chi connectivity index (χ3n) is 4.28. The van der Waals surface area contributed by atoms with Crippen LogP contribution in [0, 0.1) is 3.57 Å². The Labute approximate surface area is 201 Å². The molecule has 158 valence electrons. The lowest BCUT2D eigenvalue weighted by Crippen LogP contribution is -2.04. The highest BCUT2D eigenvalue weighted by molar-refractivity contribution is 14.1. The average molecular weight is 594 g/mol. The van der Waals surface area contributed by atoms with E-state index in [1.54, 1.807) is 18.2 Å². The standard InChI is InChI=1S/C23H17BrINO5/c1-2-28-20-12-15(11-18-23(27)31-22(26-18)19-4-3-9-29-19)10-17(25)21(20)30-13-14-5-7-16(24)8-6-14/h3-12H,2,13H2,1H3/b18-11-. The van der Waals surface area contributed by atoms with E-state index >= 15 is 0 Å². The van der Waals surface area contributed by atoms with Gasteiger partial charge in [-0.15, -0.1) is 0 Å². The molecule has 0 bridgehead atoms. The summed E-state index contributed by atoms with van der Waals surface area (Å²) in [7, 11) is 0. The molecule has 1 aromatic heterocycles. The maximum Gasteiger partial charge on any atom is 0.363 e. The SMILES string of the molecule is CCOc1cc(/C=C2\N=C(c3ccco3)OC2=O)cc(I)c1OCc1ccc(Br)cc1. The van der Waals surface area contributed by atoms with Crippen LogP contribution in [0.3, 0.4) is 0 Å². The first kappa shape index (κ1) is 21.6. The van der Waals surface area contributed by atoms with Crippen molar-refractivity contribution in [2.75, 3.05) is 6.61 Å². The second-order valence-corrected chi connectivity index (χ2v) is 8.57. The number of nitrogens with zero attached hydrogens (tertiary/aromatic N) is 1. The summed E-state index contributed by atoms with van der Waals surface area (Å²) < 4.78 is 24.2. The van der Waals surface area contributed by atoms with E-state index in [1.165, 1.54) is 6.26 Å². The van der Waals surface area contributed by atoms with Gasteiger partial charge in [0.25, 0.3) is 5.90 Å². The highest BCUT2D eigenvalue weighted by atomic mass is 127. The van der Waals surface area contributed by atoms with Gasteiger partial charge in [-0.3, -0.25) is 0 Å². The lowest BCUT2D eigenvalue weighted by atomic mass is 10.1. The van der Waals surface area contributed by atoms with Crippen molar-refractivity contribution in [2.24, 2.45) is 4.99 Å². The van der Waals surface area contributed by atoms with Gasteiger partial charge >= 0.3 is 5.97 Å². The van der Waals surface area contributed by atoms with Crippen LogP contribution >= 0.6 is 38.5 Å². The fourth-order valence-corrected chi connectivity index (χ4v) is 3.93. The van der Waals surface area contributed by atoms with Crippen molar-refractivity contribution in [1.82, 2.24) is 0 Å². The van der Waals surface area contributed by atoms with Crippen molar-refractivity contribution in [1.29, 1.82) is 0 Å². The van der Waals surface area contributed by atoms with Crippen LogP contribution in [-0.4, -0.2) is 18.5 Å². The Morgan fingerprint density at radius 2 is 1.97 bits per heavy atom. The van der Waals surface area contributed by atoms with E-state index < -0.39 is 5.97 Å². The number of ether oxygens (including phenoxy) is 3. The van der Waals surface area contributed by atoms with Gasteiger partial charge in [0.2, 0.25) is 0 Å². The Morgan fingerprint density at radius 1 is 1.16 bits per heavy atom. The molecule has 0 N–H and O–H groups in total. The molecule has 31 heavy (non-hydrogen) atoms. The minimum Gasteiger partial charge on any atom is -0.490 e. The number of hydrogen-bond donors (Lipinski definition) is 0. The van der Waals surface area contributed by atoms with Gasteiger partial charge in [0.1, 0.15) is 6.61 Å². The molecular formula is C23H17BrINO5. The van der Waals surface area contributed by atoms with Crippen molar-refractivity contribution in [3.8, 4) is 11.5 Å². The molecular weight excluding hydrogens is 577 g/mol. The van der Waals surface area contributed by atoms with Gasteiger partial charge in [-0.25, -0.2) is 9.79 Å². The lowest BCUT2D eigenvalue weighted by molar-refractivity contribution is -0.130. The largest absolute Gasteiger partial charge is 0.490 e. The first-order valence-electron chi connectivity index (χ1n) is 9.43. The molecule has 0 saturated carbocycles. The van der Waals surface area contributed by atoms with E-state index in [2.05, 4.69) is 43.5 Å². The van der Waals surface area contributed by atoms with Crippen molar-refractivity contribution < 1.29 is 23.4 Å². The van der Waals surface area contributed by atoms with Crippen LogP contribution < -0.4 is 9.47 Å². The zero-order chi connectivity index (χ0) is 21.8. The lowest BCUT2D eigenvalue weighted by Gasteiger charge is -2.15. The van der Waals surface area contributed by atoms with E-state index in [-0.39, 0.29) is 11.6 Å². The molecule has 0 saturated heterocycles. The van der Waals surface area contributed by atoms with E-state index in [0.717, 1.165) is 19.2 Å². The Balaban J connectivity index is 1.60. The van der Waals surface area contributed by atoms with Gasteiger partial charge < -0.3 is 18.6 Å². The summed E-state index contributed by atoms with van der Waals surface area (Å²) in [5.74, 6) is 1.27. The van der Waals surface area contributed by atoms with E-state index in [1.807, 2.05) is 43.3 Å². The highest BCUT2D eigenvalue weighted by Crippen LogP contribution is 2.36. The summed E-state index contributed by atoms with van der Waals surface area (Å²) in [6.45, 7) is 2.80. The molecule has 0 spiro atoms. The second-order valence-electron chi connectivity index (χ2n) is 6.49. The molecule has 1 aliphatic rings. The average Bonchev–Trinajstić information content (AvgIpc) is 3.39. The molecule has 0 amide bonds. The van der Waals surface area contributed by atoms with Crippen LogP contribution in [0.5, 0.6) is 11.5 Å². The summed E-state index contributed by atoms with van der Waals surface area (Å²) in [6.07, 6.45) is 3.15. The number of furan rings is 1. The smallest absolute Gasteiger partial charge is 0.363 e. The molecule has 8 heteroatoms. The number of cyclic esters (lactones) is 1. The third-order valence-corrected chi connectivity index (χ3v) is 5.61. The van der Waals surface area contributed by atoms with Crippen LogP contribution in [0.4, 0.5) is 0 Å². The molecule has 0 atom stereocenters. The van der Waals surface area contributed by atoms with Gasteiger partial charge in [-0.05, 0) is 83.1 Å². The summed E-state index contributed by atoms with van der Waals surface area (Å²) >= 11 is 5.63. The van der Waals surface area contributed by atoms with Crippen molar-refractivity contribution >= 4 is 56.5 Å². The molecule has 2 aromatic carbocycles. The fourth-order valence-electron chi connectivity index (χ4n) is 2.88. The highest BCUT2D eigenvalue weighted by Gasteiger charge is 2.26. The molecule has 1 aliphatic heterocycles. The first-order chi connectivity index (χ1) is 15.0. The Hall–Kier alpha value is -2.59. The Kier molecular flexibility index (Phi) is 6.77. The number of carbonyl (C=O) groups excluding carboxylic acids is 1. The van der Waals surface area contributed by atoms with Gasteiger partial charge in [0.15, 0.2) is 23.0 Å². The second kappa shape index (κ2) is 9.69. The number of halogens is 2. The predicted molar refractivity (Wildman–Crippen MR) is 128 cm³/mol. The zero-order valence-corrected chi connectivity index (χ0v) is 20.2. The van der Waals surface area contributed by atoms with E-state index in [4.69, 9.17) is 18.6 Å². The predicted octanol–water partition coefficient (Wildman–Crippen LogP) is 5.97. The summed E-state index contributed by atoms with van der Waals surface area (Å²) in [6, 6.07) is 15.1. The van der Waals surface area contributed by atoms with Gasteiger partial charge in [0.05, 0.1) is 16.4 Å². The van der Waals surface area contributed by atoms with Gasteiger partial charge in [-0.1, -0.05) is 28.1 Å². The number of benzene rings is 2. The Bertz CT molecular complexity index is 1150. The molecule has 3 aromatic rings. The Morgan fingerprint density at radius 3 is 2.68 bits per heavy atom. The van der Waals surface area contributed by atoms with Crippen molar-refractivity contribution in [3.05, 3.63) is 85.4 Å². The van der Waals surface area contributed by atoms with Gasteiger partial charge in [-0.2, -0.15) is 0 Å².